The second-order valence-electron chi connectivity index (χ2n) is 5.65. The fourth-order valence-corrected chi connectivity index (χ4v) is 3.35. The summed E-state index contributed by atoms with van der Waals surface area (Å²) in [4.78, 5) is 0. The van der Waals surface area contributed by atoms with Gasteiger partial charge in [0.15, 0.2) is 0 Å². The predicted octanol–water partition coefficient (Wildman–Crippen LogP) is 4.95. The molecule has 0 saturated heterocycles. The topological polar surface area (TPSA) is 4.93 Å². The van der Waals surface area contributed by atoms with Gasteiger partial charge in [-0.05, 0) is 24.0 Å². The largest absolute Gasteiger partial charge is 0.347 e. The number of aromatic nitrogens is 1. The Labute approximate surface area is 117 Å². The van der Waals surface area contributed by atoms with Crippen molar-refractivity contribution in [3.63, 3.8) is 0 Å². The Morgan fingerprint density at radius 1 is 1.05 bits per heavy atom. The van der Waals surface area contributed by atoms with Crippen molar-refractivity contribution in [3.05, 3.63) is 60.0 Å². The highest BCUT2D eigenvalue weighted by atomic mass is 19.1. The van der Waals surface area contributed by atoms with Gasteiger partial charge >= 0.3 is 0 Å². The quantitative estimate of drug-likeness (QED) is 0.586. The molecule has 1 aromatic heterocycles. The van der Waals surface area contributed by atoms with Crippen molar-refractivity contribution in [1.29, 1.82) is 0 Å². The lowest BCUT2D eigenvalue weighted by atomic mass is 9.92. The van der Waals surface area contributed by atoms with Crippen LogP contribution in [0, 0.1) is 5.82 Å². The first-order chi connectivity index (χ1) is 9.75. The molecular formula is C18H16FN. The molecule has 1 unspecified atom stereocenters. The van der Waals surface area contributed by atoms with E-state index < -0.39 is 0 Å². The molecule has 0 fully saturated rings. The minimum absolute atomic E-state index is 0.149. The maximum absolute atomic E-state index is 14.1. The zero-order valence-corrected chi connectivity index (χ0v) is 11.4. The Bertz CT molecular complexity index is 800. The van der Waals surface area contributed by atoms with Crippen molar-refractivity contribution >= 4 is 10.9 Å². The van der Waals surface area contributed by atoms with Crippen LogP contribution in [0.2, 0.25) is 0 Å². The van der Waals surface area contributed by atoms with Crippen LogP contribution in [-0.2, 0) is 6.54 Å². The molecule has 0 amide bonds. The highest BCUT2D eigenvalue weighted by molar-refractivity contribution is 5.98. The summed E-state index contributed by atoms with van der Waals surface area (Å²) < 4.78 is 16.4. The first kappa shape index (κ1) is 11.7. The zero-order chi connectivity index (χ0) is 13.7. The molecule has 4 rings (SSSR count). The number of nitrogens with zero attached hydrogens (tertiary/aromatic N) is 1. The average molecular weight is 265 g/mol. The number of halogens is 1. The van der Waals surface area contributed by atoms with Crippen LogP contribution in [0.15, 0.2) is 48.7 Å². The van der Waals surface area contributed by atoms with Crippen LogP contribution in [0.3, 0.4) is 0 Å². The third kappa shape index (κ3) is 1.54. The maximum atomic E-state index is 14.1. The minimum atomic E-state index is -0.149. The van der Waals surface area contributed by atoms with Gasteiger partial charge in [-0.25, -0.2) is 4.39 Å². The van der Waals surface area contributed by atoms with E-state index in [9.17, 15) is 4.39 Å². The van der Waals surface area contributed by atoms with Crippen LogP contribution in [0.1, 0.15) is 24.8 Å². The number of benzene rings is 2. The van der Waals surface area contributed by atoms with Gasteiger partial charge in [0.1, 0.15) is 5.82 Å². The molecule has 1 atom stereocenters. The molecule has 0 aliphatic carbocycles. The van der Waals surface area contributed by atoms with E-state index in [2.05, 4.69) is 35.9 Å². The fraction of sp³-hybridized carbons (Fsp3) is 0.222. The summed E-state index contributed by atoms with van der Waals surface area (Å²) in [6.45, 7) is 3.29. The third-order valence-electron chi connectivity index (χ3n) is 4.43. The first-order valence-corrected chi connectivity index (χ1v) is 7.12. The van der Waals surface area contributed by atoms with E-state index in [-0.39, 0.29) is 5.82 Å². The van der Waals surface area contributed by atoms with E-state index in [0.717, 1.165) is 18.5 Å². The Balaban J connectivity index is 2.07. The van der Waals surface area contributed by atoms with Crippen LogP contribution in [0.5, 0.6) is 0 Å². The van der Waals surface area contributed by atoms with Crippen molar-refractivity contribution in [3.8, 4) is 11.1 Å². The Morgan fingerprint density at radius 3 is 2.75 bits per heavy atom. The number of rotatable bonds is 1. The lowest BCUT2D eigenvalue weighted by molar-refractivity contribution is 0.563. The summed E-state index contributed by atoms with van der Waals surface area (Å²) in [5, 5.41) is 1.17. The van der Waals surface area contributed by atoms with Crippen molar-refractivity contribution in [2.24, 2.45) is 0 Å². The van der Waals surface area contributed by atoms with E-state index >= 15 is 0 Å². The second-order valence-corrected chi connectivity index (χ2v) is 5.65. The van der Waals surface area contributed by atoms with Crippen LogP contribution in [-0.4, -0.2) is 4.57 Å². The molecule has 1 nitrogen and oxygen atoms in total. The number of aryl methyl sites for hydroxylation is 1. The van der Waals surface area contributed by atoms with Crippen molar-refractivity contribution in [2.75, 3.05) is 0 Å². The van der Waals surface area contributed by atoms with Crippen molar-refractivity contribution in [2.45, 2.75) is 25.8 Å². The summed E-state index contributed by atoms with van der Waals surface area (Å²) >= 11 is 0. The molecule has 0 N–H and O–H groups in total. The maximum Gasteiger partial charge on any atom is 0.131 e. The van der Waals surface area contributed by atoms with Gasteiger partial charge in [-0.15, -0.1) is 0 Å². The van der Waals surface area contributed by atoms with E-state index in [1.807, 2.05) is 12.1 Å². The fourth-order valence-electron chi connectivity index (χ4n) is 3.35. The monoisotopic (exact) mass is 265 g/mol. The summed E-state index contributed by atoms with van der Waals surface area (Å²) in [5.74, 6) is 0.429. The highest BCUT2D eigenvalue weighted by Gasteiger charge is 2.21. The molecule has 0 radical (unpaired) electrons. The summed E-state index contributed by atoms with van der Waals surface area (Å²) in [6.07, 6.45) is 3.26. The normalized spacial score (nSPS) is 17.6. The van der Waals surface area contributed by atoms with Gasteiger partial charge in [0.05, 0.1) is 5.52 Å². The molecule has 2 heteroatoms. The average Bonchev–Trinajstić information content (AvgIpc) is 2.84. The SMILES string of the molecule is CC1CCn2cc(-c3ccccc3F)c3cccc1c32. The number of hydrogen-bond acceptors (Lipinski definition) is 0. The van der Waals surface area contributed by atoms with Gasteiger partial charge in [0, 0.05) is 29.3 Å². The van der Waals surface area contributed by atoms with Crippen LogP contribution in [0.4, 0.5) is 4.39 Å². The van der Waals surface area contributed by atoms with Gasteiger partial charge in [-0.3, -0.25) is 0 Å². The van der Waals surface area contributed by atoms with Gasteiger partial charge in [0.25, 0.3) is 0 Å². The molecule has 2 aromatic carbocycles. The summed E-state index contributed by atoms with van der Waals surface area (Å²) in [7, 11) is 0. The van der Waals surface area contributed by atoms with Crippen LogP contribution >= 0.6 is 0 Å². The Kier molecular flexibility index (Phi) is 2.46. The molecular weight excluding hydrogens is 249 g/mol. The Morgan fingerprint density at radius 2 is 1.90 bits per heavy atom. The first-order valence-electron chi connectivity index (χ1n) is 7.12. The lowest BCUT2D eigenvalue weighted by Crippen LogP contribution is -2.09. The molecule has 0 bridgehead atoms. The van der Waals surface area contributed by atoms with Gasteiger partial charge in [-0.1, -0.05) is 43.3 Å². The van der Waals surface area contributed by atoms with Crippen molar-refractivity contribution < 1.29 is 4.39 Å². The predicted molar refractivity (Wildman–Crippen MR) is 80.4 cm³/mol. The molecule has 0 spiro atoms. The molecule has 3 aromatic rings. The van der Waals surface area contributed by atoms with Gasteiger partial charge in [0.2, 0.25) is 0 Å². The van der Waals surface area contributed by atoms with E-state index in [0.29, 0.717) is 11.5 Å². The van der Waals surface area contributed by atoms with E-state index in [1.165, 1.54) is 22.5 Å². The summed E-state index contributed by atoms with van der Waals surface area (Å²) in [5.41, 5.74) is 4.37. The molecule has 2 heterocycles. The zero-order valence-electron chi connectivity index (χ0n) is 11.4. The molecule has 0 saturated carbocycles. The highest BCUT2D eigenvalue weighted by Crippen LogP contribution is 2.39. The van der Waals surface area contributed by atoms with E-state index in [1.54, 1.807) is 6.07 Å². The standard InChI is InChI=1S/C18H16FN/c1-12-9-10-20-11-16(14-5-2-3-8-17(14)19)15-7-4-6-13(12)18(15)20/h2-8,11-12H,9-10H2,1H3. The smallest absolute Gasteiger partial charge is 0.131 e. The Hall–Kier alpha value is -2.09. The van der Waals surface area contributed by atoms with Gasteiger partial charge in [-0.2, -0.15) is 0 Å². The van der Waals surface area contributed by atoms with E-state index in [4.69, 9.17) is 0 Å². The second kappa shape index (κ2) is 4.20. The number of hydrogen-bond donors (Lipinski definition) is 0. The molecule has 1 aliphatic heterocycles. The summed E-state index contributed by atoms with van der Waals surface area (Å²) in [6, 6.07) is 13.4. The molecule has 100 valence electrons. The lowest BCUT2D eigenvalue weighted by Gasteiger charge is -2.21. The molecule has 20 heavy (non-hydrogen) atoms. The number of para-hydroxylation sites is 1. The van der Waals surface area contributed by atoms with Crippen LogP contribution < -0.4 is 0 Å². The molecule has 1 aliphatic rings. The van der Waals surface area contributed by atoms with Crippen molar-refractivity contribution in [1.82, 2.24) is 4.57 Å². The van der Waals surface area contributed by atoms with Crippen LogP contribution in [0.25, 0.3) is 22.0 Å². The van der Waals surface area contributed by atoms with Gasteiger partial charge < -0.3 is 4.57 Å². The minimum Gasteiger partial charge on any atom is -0.347 e. The third-order valence-corrected chi connectivity index (χ3v) is 4.43.